The number of carbonyl (C=O) groups excluding carboxylic acids is 1. The molecule has 0 aliphatic carbocycles. The number of benzene rings is 1. The molecule has 1 N–H and O–H groups in total. The van der Waals surface area contributed by atoms with Crippen LogP contribution in [-0.2, 0) is 11.2 Å². The summed E-state index contributed by atoms with van der Waals surface area (Å²) in [4.78, 5) is 16.1. The van der Waals surface area contributed by atoms with Gasteiger partial charge in [-0.25, -0.2) is 14.2 Å². The number of hydrogen-bond donors (Lipinski definition) is 1. The lowest BCUT2D eigenvalue weighted by molar-refractivity contribution is -0.228. The van der Waals surface area contributed by atoms with E-state index in [0.29, 0.717) is 11.1 Å². The third-order valence-electron chi connectivity index (χ3n) is 4.62. The van der Waals surface area contributed by atoms with Crippen LogP contribution in [0.15, 0.2) is 24.3 Å². The number of aliphatic hydroxyl groups excluding tert-OH is 1. The zero-order valence-electron chi connectivity index (χ0n) is 15.7. The van der Waals surface area contributed by atoms with E-state index in [0.717, 1.165) is 0 Å². The number of nitrogens with zero attached hydrogens (tertiary/aromatic N) is 1. The molecule has 0 amide bonds. The monoisotopic (exact) mass is 413 g/mol. The summed E-state index contributed by atoms with van der Waals surface area (Å²) in [5.41, 5.74) is 1.28. The number of hydrogen-bond acceptors (Lipinski definition) is 5. The average molecular weight is 413 g/mol. The predicted molar refractivity (Wildman–Crippen MR) is 95.1 cm³/mol. The second-order valence-corrected chi connectivity index (χ2v) is 6.72. The predicted octanol–water partition coefficient (Wildman–Crippen LogP) is 3.99. The van der Waals surface area contributed by atoms with Gasteiger partial charge in [-0.15, -0.1) is 0 Å². The van der Waals surface area contributed by atoms with Gasteiger partial charge in [0.1, 0.15) is 11.9 Å². The SMILES string of the molecule is CCOC(=O)c1cc(-c2ccc(C)cc2F)c2c(n1)OC(C(O)C(F)(F)F)CC2. The third-order valence-corrected chi connectivity index (χ3v) is 4.62. The van der Waals surface area contributed by atoms with Crippen LogP contribution in [0.3, 0.4) is 0 Å². The van der Waals surface area contributed by atoms with E-state index in [1.807, 2.05) is 0 Å². The molecule has 1 aliphatic heterocycles. The van der Waals surface area contributed by atoms with Crippen molar-refractivity contribution in [3.05, 3.63) is 46.9 Å². The summed E-state index contributed by atoms with van der Waals surface area (Å²) < 4.78 is 63.4. The Morgan fingerprint density at radius 3 is 2.69 bits per heavy atom. The second-order valence-electron chi connectivity index (χ2n) is 6.72. The molecule has 9 heteroatoms. The van der Waals surface area contributed by atoms with Crippen LogP contribution in [0.1, 0.15) is 35.0 Å². The number of aryl methyl sites for hydroxylation is 1. The topological polar surface area (TPSA) is 68.7 Å². The maximum atomic E-state index is 14.6. The van der Waals surface area contributed by atoms with Gasteiger partial charge in [-0.3, -0.25) is 0 Å². The summed E-state index contributed by atoms with van der Waals surface area (Å²) in [7, 11) is 0. The summed E-state index contributed by atoms with van der Waals surface area (Å²) >= 11 is 0. The van der Waals surface area contributed by atoms with Gasteiger partial charge in [0.2, 0.25) is 5.88 Å². The van der Waals surface area contributed by atoms with Gasteiger partial charge in [-0.05, 0) is 49.9 Å². The first-order valence-corrected chi connectivity index (χ1v) is 9.00. The number of carbonyl (C=O) groups is 1. The van der Waals surface area contributed by atoms with E-state index in [2.05, 4.69) is 4.98 Å². The molecule has 1 aromatic heterocycles. The number of aromatic nitrogens is 1. The van der Waals surface area contributed by atoms with E-state index in [9.17, 15) is 27.5 Å². The summed E-state index contributed by atoms with van der Waals surface area (Å²) in [6.45, 7) is 3.36. The minimum Gasteiger partial charge on any atom is -0.471 e. The third kappa shape index (κ3) is 4.34. The smallest absolute Gasteiger partial charge is 0.418 e. The molecule has 0 radical (unpaired) electrons. The van der Waals surface area contributed by atoms with Crippen LogP contribution in [0.5, 0.6) is 5.88 Å². The number of halogens is 4. The molecule has 2 aromatic rings. The van der Waals surface area contributed by atoms with Crippen LogP contribution in [-0.4, -0.2) is 41.1 Å². The molecular weight excluding hydrogens is 394 g/mol. The number of pyridine rings is 1. The second kappa shape index (κ2) is 7.98. The molecular formula is C20H19F4NO4. The van der Waals surface area contributed by atoms with E-state index in [1.54, 1.807) is 19.9 Å². The van der Waals surface area contributed by atoms with Crippen molar-refractivity contribution in [3.63, 3.8) is 0 Å². The number of ether oxygens (including phenoxy) is 2. The molecule has 2 heterocycles. The fraction of sp³-hybridized carbons (Fsp3) is 0.400. The van der Waals surface area contributed by atoms with Crippen molar-refractivity contribution in [1.29, 1.82) is 0 Å². The van der Waals surface area contributed by atoms with Crippen molar-refractivity contribution >= 4 is 5.97 Å². The molecule has 2 unspecified atom stereocenters. The highest BCUT2D eigenvalue weighted by Crippen LogP contribution is 2.39. The lowest BCUT2D eigenvalue weighted by Crippen LogP contribution is -2.44. The molecule has 0 fully saturated rings. The van der Waals surface area contributed by atoms with Crippen molar-refractivity contribution in [2.45, 2.75) is 45.1 Å². The Balaban J connectivity index is 2.10. The molecule has 0 bridgehead atoms. The molecule has 0 spiro atoms. The molecule has 5 nitrogen and oxygen atoms in total. The Labute approximate surface area is 164 Å². The van der Waals surface area contributed by atoms with Crippen LogP contribution in [0.4, 0.5) is 17.6 Å². The molecule has 3 rings (SSSR count). The Morgan fingerprint density at radius 2 is 2.07 bits per heavy atom. The summed E-state index contributed by atoms with van der Waals surface area (Å²) in [5.74, 6) is -1.61. The van der Waals surface area contributed by atoms with Crippen LogP contribution in [0.2, 0.25) is 0 Å². The molecule has 0 saturated heterocycles. The Morgan fingerprint density at radius 1 is 1.34 bits per heavy atom. The molecule has 29 heavy (non-hydrogen) atoms. The lowest BCUT2D eigenvalue weighted by Gasteiger charge is -2.31. The van der Waals surface area contributed by atoms with Crippen LogP contribution in [0.25, 0.3) is 11.1 Å². The Bertz CT molecular complexity index is 929. The first-order chi connectivity index (χ1) is 13.6. The van der Waals surface area contributed by atoms with Gasteiger partial charge in [0, 0.05) is 11.1 Å². The van der Waals surface area contributed by atoms with E-state index in [1.165, 1.54) is 18.2 Å². The maximum Gasteiger partial charge on any atom is 0.418 e. The van der Waals surface area contributed by atoms with E-state index < -0.39 is 30.2 Å². The number of fused-ring (bicyclic) bond motifs is 1. The minimum atomic E-state index is -4.87. The zero-order valence-corrected chi connectivity index (χ0v) is 15.7. The number of esters is 1. The fourth-order valence-electron chi connectivity index (χ4n) is 3.20. The van der Waals surface area contributed by atoms with Crippen LogP contribution in [0, 0.1) is 12.7 Å². The van der Waals surface area contributed by atoms with Crippen LogP contribution >= 0.6 is 0 Å². The van der Waals surface area contributed by atoms with Gasteiger partial charge < -0.3 is 14.6 Å². The summed E-state index contributed by atoms with van der Waals surface area (Å²) in [6, 6.07) is 5.85. The minimum absolute atomic E-state index is 0.0576. The van der Waals surface area contributed by atoms with Crippen molar-refractivity contribution in [1.82, 2.24) is 4.98 Å². The maximum absolute atomic E-state index is 14.6. The van der Waals surface area contributed by atoms with Gasteiger partial charge in [-0.2, -0.15) is 13.2 Å². The number of alkyl halides is 3. The fourth-order valence-corrected chi connectivity index (χ4v) is 3.20. The highest BCUT2D eigenvalue weighted by atomic mass is 19.4. The first kappa shape index (κ1) is 21.0. The largest absolute Gasteiger partial charge is 0.471 e. The van der Waals surface area contributed by atoms with Gasteiger partial charge >= 0.3 is 12.1 Å². The first-order valence-electron chi connectivity index (χ1n) is 9.00. The van der Waals surface area contributed by atoms with Gasteiger partial charge in [0.05, 0.1) is 6.61 Å². The molecule has 2 atom stereocenters. The Kier molecular flexibility index (Phi) is 5.79. The summed E-state index contributed by atoms with van der Waals surface area (Å²) in [5, 5.41) is 9.53. The molecule has 0 saturated carbocycles. The normalized spacial score (nSPS) is 17.3. The summed E-state index contributed by atoms with van der Waals surface area (Å²) in [6.07, 6.45) is -9.24. The average Bonchev–Trinajstić information content (AvgIpc) is 2.65. The van der Waals surface area contributed by atoms with Crippen molar-refractivity contribution in [3.8, 4) is 17.0 Å². The van der Waals surface area contributed by atoms with Gasteiger partial charge in [0.25, 0.3) is 0 Å². The van der Waals surface area contributed by atoms with E-state index in [4.69, 9.17) is 9.47 Å². The molecule has 156 valence electrons. The molecule has 1 aromatic carbocycles. The standard InChI is InChI=1S/C20H19F4NO4/c1-3-28-19(27)15-9-13(11-5-4-10(2)8-14(11)21)12-6-7-16(29-18(12)25-15)17(26)20(22,23)24/h4-5,8-9,16-17,26H,3,6-7H2,1-2H3. The van der Waals surface area contributed by atoms with Gasteiger partial charge in [0.15, 0.2) is 11.8 Å². The van der Waals surface area contributed by atoms with Crippen molar-refractivity contribution < 1.29 is 36.9 Å². The highest BCUT2D eigenvalue weighted by molar-refractivity contribution is 5.90. The lowest BCUT2D eigenvalue weighted by atomic mass is 9.92. The van der Waals surface area contributed by atoms with E-state index in [-0.39, 0.29) is 42.1 Å². The molecule has 1 aliphatic rings. The van der Waals surface area contributed by atoms with E-state index >= 15 is 0 Å². The van der Waals surface area contributed by atoms with Gasteiger partial charge in [-0.1, -0.05) is 12.1 Å². The quantitative estimate of drug-likeness (QED) is 0.607. The highest BCUT2D eigenvalue weighted by Gasteiger charge is 2.46. The Hall–Kier alpha value is -2.68. The number of rotatable bonds is 4. The zero-order chi connectivity index (χ0) is 21.3. The van der Waals surface area contributed by atoms with Crippen molar-refractivity contribution in [2.24, 2.45) is 0 Å². The van der Waals surface area contributed by atoms with Crippen molar-refractivity contribution in [2.75, 3.05) is 6.61 Å². The van der Waals surface area contributed by atoms with Crippen LogP contribution < -0.4 is 4.74 Å². The number of aliphatic hydroxyl groups is 1.